The first-order chi connectivity index (χ1) is 12.2. The molecule has 1 N–H and O–H groups in total. The quantitative estimate of drug-likeness (QED) is 0.686. The lowest BCUT2D eigenvalue weighted by molar-refractivity contribution is -0.933. The van der Waals surface area contributed by atoms with Crippen LogP contribution in [0.3, 0.4) is 0 Å². The first-order valence-electron chi connectivity index (χ1n) is 8.37. The van der Waals surface area contributed by atoms with Crippen molar-refractivity contribution in [3.05, 3.63) is 75.5 Å². The number of morpholine rings is 1. The Labute approximate surface area is 145 Å². The maximum Gasteiger partial charge on any atom is 0.270 e. The number of benzene rings is 2. The third-order valence-corrected chi connectivity index (χ3v) is 4.68. The van der Waals surface area contributed by atoms with Crippen molar-refractivity contribution in [2.45, 2.75) is 6.04 Å². The highest BCUT2D eigenvalue weighted by Crippen LogP contribution is 2.40. The second-order valence-electron chi connectivity index (χ2n) is 6.24. The monoisotopic (exact) mass is 339 g/mol. The Balaban J connectivity index is 1.76. The van der Waals surface area contributed by atoms with Crippen LogP contribution in [0, 0.1) is 10.1 Å². The highest BCUT2D eigenvalue weighted by molar-refractivity contribution is 5.59. The molecule has 2 aliphatic rings. The molecular weight excluding hydrogens is 320 g/mol. The molecule has 2 aromatic rings. The second-order valence-corrected chi connectivity index (χ2v) is 6.24. The Morgan fingerprint density at radius 2 is 1.88 bits per heavy atom. The zero-order valence-corrected chi connectivity index (χ0v) is 13.7. The van der Waals surface area contributed by atoms with Crippen molar-refractivity contribution in [3.8, 4) is 5.75 Å². The van der Waals surface area contributed by atoms with Crippen LogP contribution in [0.25, 0.3) is 6.08 Å². The molecule has 0 amide bonds. The largest absolute Gasteiger partial charge is 0.454 e. The van der Waals surface area contributed by atoms with Crippen LogP contribution >= 0.6 is 0 Å². The molecule has 6 nitrogen and oxygen atoms in total. The minimum Gasteiger partial charge on any atom is -0.454 e. The molecule has 0 saturated carbocycles. The van der Waals surface area contributed by atoms with E-state index < -0.39 is 0 Å². The number of nitrogens with one attached hydrogen (secondary N) is 1. The molecule has 4 rings (SSSR count). The molecule has 0 unspecified atom stereocenters. The van der Waals surface area contributed by atoms with E-state index in [1.807, 2.05) is 36.4 Å². The average molecular weight is 339 g/mol. The van der Waals surface area contributed by atoms with E-state index in [4.69, 9.17) is 9.47 Å². The lowest BCUT2D eigenvalue weighted by Crippen LogP contribution is -3.14. The van der Waals surface area contributed by atoms with Gasteiger partial charge in [0.25, 0.3) is 5.69 Å². The summed E-state index contributed by atoms with van der Waals surface area (Å²) in [5.74, 6) is 1.54. The van der Waals surface area contributed by atoms with Gasteiger partial charge in [-0.15, -0.1) is 0 Å². The number of fused-ring (bicyclic) bond motifs is 1. The number of ether oxygens (including phenoxy) is 2. The zero-order valence-electron chi connectivity index (χ0n) is 13.7. The average Bonchev–Trinajstić information content (AvgIpc) is 3.00. The fraction of sp³-hybridized carbons (Fsp3) is 0.263. The molecule has 1 saturated heterocycles. The summed E-state index contributed by atoms with van der Waals surface area (Å²) in [5.41, 5.74) is 2.03. The summed E-state index contributed by atoms with van der Waals surface area (Å²) in [4.78, 5) is 12.1. The summed E-state index contributed by atoms with van der Waals surface area (Å²) in [6, 6.07) is 14.8. The van der Waals surface area contributed by atoms with Gasteiger partial charge in [-0.05, 0) is 17.7 Å². The molecule has 1 fully saturated rings. The topological polar surface area (TPSA) is 66.0 Å². The van der Waals surface area contributed by atoms with Gasteiger partial charge in [0.05, 0.1) is 23.7 Å². The number of non-ortho nitro benzene ring substituents is 1. The van der Waals surface area contributed by atoms with Crippen molar-refractivity contribution in [2.24, 2.45) is 0 Å². The van der Waals surface area contributed by atoms with Crippen molar-refractivity contribution in [1.29, 1.82) is 0 Å². The maximum absolute atomic E-state index is 11.2. The summed E-state index contributed by atoms with van der Waals surface area (Å²) >= 11 is 0. The predicted molar refractivity (Wildman–Crippen MR) is 92.4 cm³/mol. The minimum absolute atomic E-state index is 0.0426. The van der Waals surface area contributed by atoms with Crippen LogP contribution in [0.5, 0.6) is 5.75 Å². The molecule has 0 spiro atoms. The lowest BCUT2D eigenvalue weighted by Gasteiger charge is -2.29. The van der Waals surface area contributed by atoms with E-state index >= 15 is 0 Å². The number of hydrogen-bond acceptors (Lipinski definition) is 4. The summed E-state index contributed by atoms with van der Waals surface area (Å²) in [6.07, 6.45) is 2.03. The Hall–Kier alpha value is -2.70. The predicted octanol–water partition coefficient (Wildman–Crippen LogP) is 1.98. The molecule has 0 aliphatic carbocycles. The van der Waals surface area contributed by atoms with Crippen LogP contribution in [0.15, 0.2) is 54.3 Å². The summed E-state index contributed by atoms with van der Waals surface area (Å²) in [6.45, 7) is 3.08. The SMILES string of the molecule is O=[N+]([O-])c1ccc2c(c1)[C@H]([NH+]1CCOCC1)/C(=C/c1ccccc1)O2. The number of rotatable bonds is 3. The van der Waals surface area contributed by atoms with E-state index in [1.54, 1.807) is 12.1 Å². The number of nitro benzene ring substituents is 1. The zero-order chi connectivity index (χ0) is 17.2. The molecule has 128 valence electrons. The minimum atomic E-state index is -0.356. The normalized spacial score (nSPS) is 21.8. The van der Waals surface area contributed by atoms with Crippen molar-refractivity contribution < 1.29 is 19.3 Å². The van der Waals surface area contributed by atoms with Gasteiger partial charge in [-0.3, -0.25) is 10.1 Å². The van der Waals surface area contributed by atoms with Crippen LogP contribution < -0.4 is 9.64 Å². The van der Waals surface area contributed by atoms with Crippen molar-refractivity contribution in [3.63, 3.8) is 0 Å². The molecule has 2 aliphatic heterocycles. The summed E-state index contributed by atoms with van der Waals surface area (Å²) < 4.78 is 11.6. The van der Waals surface area contributed by atoms with E-state index in [0.717, 1.165) is 30.0 Å². The van der Waals surface area contributed by atoms with Gasteiger partial charge < -0.3 is 14.4 Å². The van der Waals surface area contributed by atoms with Crippen LogP contribution in [-0.2, 0) is 4.74 Å². The third kappa shape index (κ3) is 3.14. The van der Waals surface area contributed by atoms with E-state index in [1.165, 1.54) is 11.0 Å². The molecule has 0 radical (unpaired) electrons. The van der Waals surface area contributed by atoms with Crippen molar-refractivity contribution in [1.82, 2.24) is 0 Å². The molecule has 1 atom stereocenters. The second kappa shape index (κ2) is 6.66. The number of nitro groups is 1. The summed E-state index contributed by atoms with van der Waals surface area (Å²) in [7, 11) is 0. The highest BCUT2D eigenvalue weighted by Gasteiger charge is 2.39. The van der Waals surface area contributed by atoms with Crippen molar-refractivity contribution >= 4 is 11.8 Å². The van der Waals surface area contributed by atoms with Crippen LogP contribution in [0.1, 0.15) is 17.2 Å². The van der Waals surface area contributed by atoms with E-state index in [9.17, 15) is 10.1 Å². The first kappa shape index (κ1) is 15.8. The van der Waals surface area contributed by atoms with Gasteiger partial charge in [0.15, 0.2) is 11.8 Å². The highest BCUT2D eigenvalue weighted by atomic mass is 16.6. The standard InChI is InChI=1S/C19H18N2O4/c22-21(23)15-6-7-17-16(13-15)19(20-8-10-24-11-9-20)18(25-17)12-14-4-2-1-3-5-14/h1-7,12-13,19H,8-11H2/p+1/b18-12-/t19-/m0/s1. The smallest absolute Gasteiger partial charge is 0.270 e. The molecule has 25 heavy (non-hydrogen) atoms. The Bertz CT molecular complexity index is 813. The number of nitrogens with zero attached hydrogens (tertiary/aromatic N) is 1. The fourth-order valence-electron chi connectivity index (χ4n) is 3.48. The van der Waals surface area contributed by atoms with Gasteiger partial charge in [0.2, 0.25) is 0 Å². The molecule has 0 aromatic heterocycles. The van der Waals surface area contributed by atoms with Crippen LogP contribution in [0.4, 0.5) is 5.69 Å². The van der Waals surface area contributed by atoms with Crippen LogP contribution in [0.2, 0.25) is 0 Å². The van der Waals surface area contributed by atoms with Crippen LogP contribution in [-0.4, -0.2) is 31.2 Å². The van der Waals surface area contributed by atoms with Gasteiger partial charge in [0, 0.05) is 12.1 Å². The Morgan fingerprint density at radius 3 is 2.60 bits per heavy atom. The van der Waals surface area contributed by atoms with E-state index in [-0.39, 0.29) is 16.7 Å². The fourth-order valence-corrected chi connectivity index (χ4v) is 3.48. The van der Waals surface area contributed by atoms with Gasteiger partial charge >= 0.3 is 0 Å². The van der Waals surface area contributed by atoms with Gasteiger partial charge in [-0.2, -0.15) is 0 Å². The molecular formula is C19H19N2O4+. The molecule has 2 aromatic carbocycles. The molecule has 6 heteroatoms. The molecule has 0 bridgehead atoms. The number of quaternary nitrogens is 1. The lowest BCUT2D eigenvalue weighted by atomic mass is 10.0. The van der Waals surface area contributed by atoms with Gasteiger partial charge in [-0.1, -0.05) is 30.3 Å². The van der Waals surface area contributed by atoms with Crippen molar-refractivity contribution in [2.75, 3.05) is 26.3 Å². The summed E-state index contributed by atoms with van der Waals surface area (Å²) in [5, 5.41) is 11.2. The molecule has 2 heterocycles. The number of hydrogen-bond donors (Lipinski definition) is 1. The first-order valence-corrected chi connectivity index (χ1v) is 8.37. The third-order valence-electron chi connectivity index (χ3n) is 4.68. The maximum atomic E-state index is 11.2. The Morgan fingerprint density at radius 1 is 1.12 bits per heavy atom. The van der Waals surface area contributed by atoms with E-state index in [2.05, 4.69) is 0 Å². The van der Waals surface area contributed by atoms with E-state index in [0.29, 0.717) is 19.0 Å². The Kier molecular flexibility index (Phi) is 4.21. The van der Waals surface area contributed by atoms with Gasteiger partial charge in [0.1, 0.15) is 18.8 Å². The van der Waals surface area contributed by atoms with Gasteiger partial charge in [-0.25, -0.2) is 0 Å².